The van der Waals surface area contributed by atoms with Crippen LogP contribution in [0.4, 0.5) is 0 Å². The normalized spacial score (nSPS) is 14.2. The molecule has 1 saturated carbocycles. The first kappa shape index (κ1) is 26.0. The number of carbonyl (C=O) groups is 1. The van der Waals surface area contributed by atoms with Crippen molar-refractivity contribution in [2.75, 3.05) is 12.4 Å². The molecule has 0 saturated heterocycles. The predicted molar refractivity (Wildman–Crippen MR) is 134 cm³/mol. The lowest BCUT2D eigenvalue weighted by molar-refractivity contribution is -0.149. The molecule has 0 atom stereocenters. The predicted octanol–water partition coefficient (Wildman–Crippen LogP) is 5.44. The topological polar surface area (TPSA) is 83.5 Å². The van der Waals surface area contributed by atoms with Gasteiger partial charge < -0.3 is 9.29 Å². The van der Waals surface area contributed by atoms with Crippen molar-refractivity contribution in [1.29, 1.82) is 0 Å². The molecule has 3 aromatic carbocycles. The molecule has 1 aliphatic rings. The summed E-state index contributed by atoms with van der Waals surface area (Å²) in [5, 5.41) is 0. The van der Waals surface area contributed by atoms with Crippen molar-refractivity contribution >= 4 is 27.0 Å². The van der Waals surface area contributed by atoms with E-state index >= 15 is 0 Å². The van der Waals surface area contributed by atoms with Crippen LogP contribution >= 0.6 is 0 Å². The first-order valence-electron chi connectivity index (χ1n) is 11.4. The number of benzene rings is 3. The van der Waals surface area contributed by atoms with E-state index in [4.69, 9.17) is 4.74 Å². The third kappa shape index (κ3) is 8.63. The smallest absolute Gasteiger partial charge is 0.308 e. The Morgan fingerprint density at radius 3 is 1.56 bits per heavy atom. The molecule has 1 fully saturated rings. The molecule has 5 nitrogen and oxygen atoms in total. The van der Waals surface area contributed by atoms with Gasteiger partial charge in [-0.3, -0.25) is 4.79 Å². The van der Waals surface area contributed by atoms with Crippen LogP contribution in [0.5, 0.6) is 0 Å². The monoisotopic (exact) mass is 498 g/mol. The number of hydrogen-bond acceptors (Lipinski definition) is 5. The number of hydrogen-bond donors (Lipinski definition) is 0. The molecule has 180 valence electrons. The second-order valence-corrected chi connectivity index (χ2v) is 11.6. The summed E-state index contributed by atoms with van der Waals surface area (Å²) < 4.78 is 35.5. The second-order valence-electron chi connectivity index (χ2n) is 8.01. The fourth-order valence-electron chi connectivity index (χ4n) is 3.78. The van der Waals surface area contributed by atoms with Gasteiger partial charge in [-0.1, -0.05) is 73.9 Å². The maximum Gasteiger partial charge on any atom is 0.308 e. The van der Waals surface area contributed by atoms with Crippen molar-refractivity contribution in [3.05, 3.63) is 91.0 Å². The zero-order valence-electron chi connectivity index (χ0n) is 19.0. The van der Waals surface area contributed by atoms with Crippen molar-refractivity contribution in [3.63, 3.8) is 0 Å². The van der Waals surface area contributed by atoms with Crippen LogP contribution in [0.1, 0.15) is 32.1 Å². The third-order valence-electron chi connectivity index (χ3n) is 5.45. The van der Waals surface area contributed by atoms with Crippen LogP contribution in [0.15, 0.2) is 106 Å². The molecule has 0 aliphatic heterocycles. The van der Waals surface area contributed by atoms with Gasteiger partial charge in [0, 0.05) is 0 Å². The maximum absolute atomic E-state index is 11.4. The van der Waals surface area contributed by atoms with E-state index in [0.29, 0.717) is 0 Å². The highest BCUT2D eigenvalue weighted by Gasteiger charge is 2.27. The van der Waals surface area contributed by atoms with Gasteiger partial charge in [0.1, 0.15) is 6.61 Å². The quantitative estimate of drug-likeness (QED) is 0.246. The van der Waals surface area contributed by atoms with Gasteiger partial charge in [-0.15, -0.1) is 0 Å². The molecule has 0 amide bonds. The average Bonchev–Trinajstić information content (AvgIpc) is 2.86. The lowest BCUT2D eigenvalue weighted by Crippen LogP contribution is -2.23. The molecule has 7 heteroatoms. The molecule has 4 rings (SSSR count). The number of rotatable bonds is 7. The SMILES string of the molecule is O=C(OCCS(=O)(=O)[O-])C1CCCCC1.c1ccc([S+](c2ccccc2)c2ccccc2)cc1. The third-order valence-corrected chi connectivity index (χ3v) is 8.35. The molecule has 0 N–H and O–H groups in total. The van der Waals surface area contributed by atoms with Gasteiger partial charge in [0.05, 0.1) is 32.7 Å². The van der Waals surface area contributed by atoms with Gasteiger partial charge in [0.2, 0.25) is 0 Å². The standard InChI is InChI=1S/C18H15S.C9H16O5S/c1-4-10-16(11-5-1)19(17-12-6-2-7-13-17)18-14-8-3-9-15-18;10-9(8-4-2-1-3-5-8)14-6-7-15(11,12)13/h1-15H;8H,1-7H2,(H,11,12,13)/q+1;/p-1. The highest BCUT2D eigenvalue weighted by Crippen LogP contribution is 2.30. The maximum atomic E-state index is 11.4. The van der Waals surface area contributed by atoms with Gasteiger partial charge in [-0.05, 0) is 49.2 Å². The van der Waals surface area contributed by atoms with Crippen LogP contribution < -0.4 is 0 Å². The molecular formula is C27H30O5S2. The van der Waals surface area contributed by atoms with E-state index in [0.717, 1.165) is 32.1 Å². The number of carbonyl (C=O) groups excluding carboxylic acids is 1. The summed E-state index contributed by atoms with van der Waals surface area (Å²) in [5.74, 6) is -1.10. The molecule has 0 radical (unpaired) electrons. The highest BCUT2D eigenvalue weighted by molar-refractivity contribution is 7.97. The molecule has 0 heterocycles. The Kier molecular flexibility index (Phi) is 10.2. The molecule has 1 aliphatic carbocycles. The Labute approximate surface area is 205 Å². The Balaban J connectivity index is 0.000000197. The summed E-state index contributed by atoms with van der Waals surface area (Å²) in [6, 6.07) is 32.2. The fourth-order valence-corrected chi connectivity index (χ4v) is 6.17. The zero-order chi connectivity index (χ0) is 24.2. The number of ether oxygens (including phenoxy) is 1. The van der Waals surface area contributed by atoms with E-state index in [2.05, 4.69) is 91.0 Å². The minimum absolute atomic E-state index is 0.0146. The van der Waals surface area contributed by atoms with E-state index in [-0.39, 0.29) is 29.4 Å². The molecule has 0 bridgehead atoms. The van der Waals surface area contributed by atoms with Crippen molar-refractivity contribution in [2.24, 2.45) is 5.92 Å². The minimum Gasteiger partial charge on any atom is -0.748 e. The Morgan fingerprint density at radius 2 is 1.18 bits per heavy atom. The number of esters is 1. The molecule has 0 spiro atoms. The van der Waals surface area contributed by atoms with Crippen LogP contribution in [-0.4, -0.2) is 31.3 Å². The average molecular weight is 499 g/mol. The lowest BCUT2D eigenvalue weighted by atomic mass is 9.89. The van der Waals surface area contributed by atoms with Crippen LogP contribution in [0.2, 0.25) is 0 Å². The van der Waals surface area contributed by atoms with Crippen molar-refractivity contribution < 1.29 is 22.5 Å². The molecule has 34 heavy (non-hydrogen) atoms. The molecule has 3 aromatic rings. The Morgan fingerprint density at radius 1 is 0.765 bits per heavy atom. The molecule has 0 unspecified atom stereocenters. The van der Waals surface area contributed by atoms with Gasteiger partial charge >= 0.3 is 5.97 Å². The van der Waals surface area contributed by atoms with E-state index in [1.807, 2.05) is 0 Å². The summed E-state index contributed by atoms with van der Waals surface area (Å²) in [5.41, 5.74) is 0. The Hall–Kier alpha value is -2.61. The van der Waals surface area contributed by atoms with Crippen LogP contribution in [0.3, 0.4) is 0 Å². The molecule has 0 aromatic heterocycles. The summed E-state index contributed by atoms with van der Waals surface area (Å²) in [4.78, 5) is 15.4. The fraction of sp³-hybridized carbons (Fsp3) is 0.296. The van der Waals surface area contributed by atoms with Crippen LogP contribution in [-0.2, 0) is 30.5 Å². The summed E-state index contributed by atoms with van der Waals surface area (Å²) in [6.45, 7) is -0.318. The molecular weight excluding hydrogens is 468 g/mol. The van der Waals surface area contributed by atoms with Crippen molar-refractivity contribution in [3.8, 4) is 0 Å². The van der Waals surface area contributed by atoms with Gasteiger partial charge in [0.15, 0.2) is 14.7 Å². The minimum atomic E-state index is -4.28. The largest absolute Gasteiger partial charge is 0.748 e. The first-order valence-corrected chi connectivity index (χ1v) is 14.2. The lowest BCUT2D eigenvalue weighted by Gasteiger charge is -2.20. The van der Waals surface area contributed by atoms with E-state index in [1.54, 1.807) is 0 Å². The van der Waals surface area contributed by atoms with Gasteiger partial charge in [-0.2, -0.15) is 0 Å². The van der Waals surface area contributed by atoms with Crippen molar-refractivity contribution in [2.45, 2.75) is 46.8 Å². The first-order chi connectivity index (χ1) is 16.4. The summed E-state index contributed by atoms with van der Waals surface area (Å²) in [7, 11) is -4.29. The van der Waals surface area contributed by atoms with Gasteiger partial charge in [0.25, 0.3) is 0 Å². The zero-order valence-corrected chi connectivity index (χ0v) is 20.7. The second kappa shape index (κ2) is 13.3. The Bertz CT molecular complexity index is 1000. The van der Waals surface area contributed by atoms with E-state index in [9.17, 15) is 17.8 Å². The van der Waals surface area contributed by atoms with Crippen molar-refractivity contribution in [1.82, 2.24) is 0 Å². The van der Waals surface area contributed by atoms with E-state index in [1.165, 1.54) is 14.7 Å². The van der Waals surface area contributed by atoms with Crippen LogP contribution in [0.25, 0.3) is 0 Å². The summed E-state index contributed by atoms with van der Waals surface area (Å²) >= 11 is 0. The summed E-state index contributed by atoms with van der Waals surface area (Å²) in [6.07, 6.45) is 4.78. The van der Waals surface area contributed by atoms with Crippen LogP contribution in [0, 0.1) is 5.92 Å². The van der Waals surface area contributed by atoms with Gasteiger partial charge in [-0.25, -0.2) is 8.42 Å². The van der Waals surface area contributed by atoms with E-state index < -0.39 is 15.9 Å². The highest BCUT2D eigenvalue weighted by atomic mass is 32.2.